The number of aromatic hydroxyl groups is 1. The van der Waals surface area contributed by atoms with Crippen molar-refractivity contribution in [2.45, 2.75) is 97.3 Å². The van der Waals surface area contributed by atoms with Crippen LogP contribution in [0.15, 0.2) is 12.1 Å². The van der Waals surface area contributed by atoms with Gasteiger partial charge >= 0.3 is 0 Å². The Bertz CT molecular complexity index is 589. The van der Waals surface area contributed by atoms with Gasteiger partial charge in [-0.1, -0.05) is 85.2 Å². The maximum atomic E-state index is 10.8. The number of nitrogens with zero attached hydrogens (tertiary/aromatic N) is 1. The summed E-state index contributed by atoms with van der Waals surface area (Å²) in [4.78, 5) is 0.614. The largest absolute Gasteiger partial charge is 0.507 e. The Labute approximate surface area is 171 Å². The number of phenols is 1. The van der Waals surface area contributed by atoms with E-state index >= 15 is 0 Å². The van der Waals surface area contributed by atoms with E-state index < -0.39 is 0 Å². The van der Waals surface area contributed by atoms with Gasteiger partial charge in [0.25, 0.3) is 0 Å². The van der Waals surface area contributed by atoms with E-state index in [4.69, 9.17) is 12.2 Å². The molecule has 0 saturated carbocycles. The summed E-state index contributed by atoms with van der Waals surface area (Å²) in [6.45, 7) is 13.0. The smallest absolute Gasteiger partial charge is 0.123 e. The second-order valence-electron chi connectivity index (χ2n) is 9.72. The summed E-state index contributed by atoms with van der Waals surface area (Å²) in [6, 6.07) is 4.39. The molecular formula is C23H39NO2S. The average molecular weight is 394 g/mol. The van der Waals surface area contributed by atoms with Crippen LogP contribution in [0.5, 0.6) is 5.75 Å². The standard InChI is InChI=1S/C23H39NO2S/c1-22(2,3)18-15-17(16-19(21(18)25)23(4,5)6)13-11-9-8-10-12-14-20(27)24(7)26/h15-16,25-26H,8-14H2,1-7H3. The summed E-state index contributed by atoms with van der Waals surface area (Å²) in [5, 5.41) is 21.1. The van der Waals surface area contributed by atoms with Crippen molar-refractivity contribution in [2.75, 3.05) is 7.05 Å². The number of aryl methyl sites for hydroxylation is 1. The lowest BCUT2D eigenvalue weighted by molar-refractivity contribution is 0.0142. The molecule has 0 saturated heterocycles. The highest BCUT2D eigenvalue weighted by atomic mass is 32.1. The highest BCUT2D eigenvalue weighted by Gasteiger charge is 2.26. The molecule has 0 spiro atoms. The molecule has 1 aromatic rings. The lowest BCUT2D eigenvalue weighted by Crippen LogP contribution is -2.19. The van der Waals surface area contributed by atoms with Gasteiger partial charge in [0.1, 0.15) is 10.7 Å². The molecule has 0 aliphatic carbocycles. The molecule has 4 heteroatoms. The van der Waals surface area contributed by atoms with Crippen LogP contribution >= 0.6 is 12.2 Å². The molecule has 0 aliphatic rings. The molecule has 0 unspecified atom stereocenters. The van der Waals surface area contributed by atoms with Gasteiger partial charge in [0.2, 0.25) is 0 Å². The zero-order chi connectivity index (χ0) is 20.8. The maximum absolute atomic E-state index is 10.8. The first-order valence-corrected chi connectivity index (χ1v) is 10.6. The van der Waals surface area contributed by atoms with Crippen LogP contribution < -0.4 is 0 Å². The zero-order valence-electron chi connectivity index (χ0n) is 18.4. The Morgan fingerprint density at radius 3 is 1.78 bits per heavy atom. The van der Waals surface area contributed by atoms with E-state index in [1.807, 2.05) is 0 Å². The van der Waals surface area contributed by atoms with Gasteiger partial charge in [-0.25, -0.2) is 0 Å². The maximum Gasteiger partial charge on any atom is 0.123 e. The number of hydrogen-bond donors (Lipinski definition) is 2. The fourth-order valence-corrected chi connectivity index (χ4v) is 3.42. The Kier molecular flexibility index (Phi) is 8.75. The molecule has 1 aromatic carbocycles. The molecule has 0 bridgehead atoms. The molecular weight excluding hydrogens is 354 g/mol. The van der Waals surface area contributed by atoms with E-state index in [0.29, 0.717) is 10.7 Å². The zero-order valence-corrected chi connectivity index (χ0v) is 19.2. The van der Waals surface area contributed by atoms with Crippen molar-refractivity contribution in [3.8, 4) is 5.75 Å². The quantitative estimate of drug-likeness (QED) is 0.300. The second kappa shape index (κ2) is 9.88. The van der Waals surface area contributed by atoms with E-state index in [9.17, 15) is 10.3 Å². The average Bonchev–Trinajstić information content (AvgIpc) is 2.52. The lowest BCUT2D eigenvalue weighted by atomic mass is 9.78. The highest BCUT2D eigenvalue weighted by Crippen LogP contribution is 2.40. The van der Waals surface area contributed by atoms with E-state index in [2.05, 4.69) is 53.7 Å². The van der Waals surface area contributed by atoms with Crippen LogP contribution in [0, 0.1) is 0 Å². The fraction of sp³-hybridized carbons (Fsp3) is 0.696. The third-order valence-corrected chi connectivity index (χ3v) is 5.47. The number of hydrogen-bond acceptors (Lipinski definition) is 3. The molecule has 0 aromatic heterocycles. The van der Waals surface area contributed by atoms with Crippen molar-refractivity contribution >= 4 is 17.2 Å². The molecule has 0 aliphatic heterocycles. The predicted molar refractivity (Wildman–Crippen MR) is 119 cm³/mol. The summed E-state index contributed by atoms with van der Waals surface area (Å²) in [6.07, 6.45) is 7.54. The van der Waals surface area contributed by atoms with Gasteiger partial charge in [-0.3, -0.25) is 10.3 Å². The highest BCUT2D eigenvalue weighted by molar-refractivity contribution is 7.80. The first-order chi connectivity index (χ1) is 12.3. The number of rotatable bonds is 8. The fourth-order valence-electron chi connectivity index (χ4n) is 3.28. The van der Waals surface area contributed by atoms with Crippen LogP contribution in [0.2, 0.25) is 0 Å². The normalized spacial score (nSPS) is 12.3. The molecule has 154 valence electrons. The van der Waals surface area contributed by atoms with Crippen molar-refractivity contribution in [3.05, 3.63) is 28.8 Å². The van der Waals surface area contributed by atoms with E-state index in [-0.39, 0.29) is 10.8 Å². The van der Waals surface area contributed by atoms with Crippen molar-refractivity contribution < 1.29 is 10.3 Å². The molecule has 3 nitrogen and oxygen atoms in total. The molecule has 0 atom stereocenters. The monoisotopic (exact) mass is 393 g/mol. The number of thiocarbonyl (C=S) groups is 1. The van der Waals surface area contributed by atoms with Crippen molar-refractivity contribution in [2.24, 2.45) is 0 Å². The summed E-state index contributed by atoms with van der Waals surface area (Å²) in [5.41, 5.74) is 3.28. The molecule has 0 amide bonds. The van der Waals surface area contributed by atoms with Gasteiger partial charge in [0.05, 0.1) is 0 Å². The first-order valence-electron chi connectivity index (χ1n) is 10.2. The molecule has 0 fully saturated rings. The molecule has 1 rings (SSSR count). The van der Waals surface area contributed by atoms with Crippen molar-refractivity contribution in [1.29, 1.82) is 0 Å². The Hall–Kier alpha value is -1.13. The predicted octanol–water partition coefficient (Wildman–Crippen LogP) is 6.52. The van der Waals surface area contributed by atoms with Crippen LogP contribution in [0.4, 0.5) is 0 Å². The van der Waals surface area contributed by atoms with Crippen LogP contribution in [-0.2, 0) is 17.3 Å². The lowest BCUT2D eigenvalue weighted by Gasteiger charge is -2.28. The SMILES string of the molecule is CN(O)C(=S)CCCCCCCc1cc(C(C)(C)C)c(O)c(C(C)(C)C)c1. The second-order valence-corrected chi connectivity index (χ2v) is 10.2. The van der Waals surface area contributed by atoms with Crippen LogP contribution in [0.25, 0.3) is 0 Å². The third kappa shape index (κ3) is 7.79. The molecule has 27 heavy (non-hydrogen) atoms. The van der Waals surface area contributed by atoms with Crippen molar-refractivity contribution in [3.63, 3.8) is 0 Å². The summed E-state index contributed by atoms with van der Waals surface area (Å²) >= 11 is 5.09. The molecule has 0 heterocycles. The van der Waals surface area contributed by atoms with Gasteiger partial charge in [-0.15, -0.1) is 0 Å². The first kappa shape index (κ1) is 23.9. The van der Waals surface area contributed by atoms with Gasteiger partial charge in [-0.2, -0.15) is 0 Å². The van der Waals surface area contributed by atoms with Crippen LogP contribution in [0.3, 0.4) is 0 Å². The van der Waals surface area contributed by atoms with E-state index in [1.165, 1.54) is 18.4 Å². The number of benzene rings is 1. The van der Waals surface area contributed by atoms with Gasteiger partial charge in [0.15, 0.2) is 0 Å². The summed E-state index contributed by atoms with van der Waals surface area (Å²) in [7, 11) is 1.58. The minimum atomic E-state index is -0.0711. The Morgan fingerprint density at radius 1 is 0.889 bits per heavy atom. The number of hydroxylamine groups is 2. The molecule has 0 radical (unpaired) electrons. The van der Waals surface area contributed by atoms with Crippen molar-refractivity contribution in [1.82, 2.24) is 5.06 Å². The number of phenolic OH excluding ortho intramolecular Hbond substituents is 1. The molecule has 2 N–H and O–H groups in total. The minimum absolute atomic E-state index is 0.0711. The topological polar surface area (TPSA) is 43.7 Å². The summed E-state index contributed by atoms with van der Waals surface area (Å²) in [5.74, 6) is 0.462. The number of unbranched alkanes of at least 4 members (excludes halogenated alkanes) is 4. The van der Waals surface area contributed by atoms with E-state index in [1.54, 1.807) is 7.05 Å². The Morgan fingerprint density at radius 2 is 1.33 bits per heavy atom. The Balaban J connectivity index is 2.64. The van der Waals surface area contributed by atoms with Gasteiger partial charge in [-0.05, 0) is 46.8 Å². The van der Waals surface area contributed by atoms with Crippen LogP contribution in [-0.4, -0.2) is 27.4 Å². The van der Waals surface area contributed by atoms with Gasteiger partial charge in [0, 0.05) is 13.5 Å². The third-order valence-electron chi connectivity index (χ3n) is 5.00. The van der Waals surface area contributed by atoms with E-state index in [0.717, 1.165) is 48.3 Å². The van der Waals surface area contributed by atoms with Gasteiger partial charge < -0.3 is 5.11 Å². The minimum Gasteiger partial charge on any atom is -0.507 e. The van der Waals surface area contributed by atoms with Crippen LogP contribution in [0.1, 0.15) is 96.8 Å². The summed E-state index contributed by atoms with van der Waals surface area (Å²) < 4.78 is 0.